The van der Waals surface area contributed by atoms with Crippen LogP contribution in [0.15, 0.2) is 4.99 Å². The average molecular weight is 1060 g/mol. The average Bonchev–Trinajstić information content (AvgIpc) is 3.31. The van der Waals surface area contributed by atoms with Crippen molar-refractivity contribution in [2.24, 2.45) is 28.1 Å². The van der Waals surface area contributed by atoms with Crippen LogP contribution in [-0.4, -0.2) is 200 Å². The van der Waals surface area contributed by atoms with Crippen LogP contribution in [0.5, 0.6) is 0 Å². The predicted octanol–water partition coefficient (Wildman–Crippen LogP) is -6.85. The second kappa shape index (κ2) is 34.3. The van der Waals surface area contributed by atoms with Crippen LogP contribution in [0, 0.1) is 5.92 Å². The first-order valence-corrected chi connectivity index (χ1v) is 24.2. The van der Waals surface area contributed by atoms with E-state index in [1.165, 1.54) is 11.8 Å². The number of aliphatic imine (C=N–C) groups is 1. The van der Waals surface area contributed by atoms with Gasteiger partial charge < -0.3 is 90.4 Å². The number of aliphatic carboxylic acids is 3. The van der Waals surface area contributed by atoms with E-state index in [4.69, 9.17) is 17.2 Å². The van der Waals surface area contributed by atoms with Crippen molar-refractivity contribution in [3.8, 4) is 0 Å². The Morgan fingerprint density at radius 3 is 1.41 bits per heavy atom. The molecule has 0 unspecified atom stereocenters. The van der Waals surface area contributed by atoms with Crippen molar-refractivity contribution < 1.29 is 83.4 Å². The van der Waals surface area contributed by atoms with Gasteiger partial charge in [0.05, 0.1) is 25.4 Å². The Kier molecular flexibility index (Phi) is 31.4. The summed E-state index contributed by atoms with van der Waals surface area (Å²) in [5.74, 6) is -14.0. The molecule has 71 heavy (non-hydrogen) atoms. The number of nitrogens with zero attached hydrogens (tertiary/aromatic N) is 1. The van der Waals surface area contributed by atoms with Gasteiger partial charge in [-0.2, -0.15) is 24.4 Å². The number of aliphatic hydroxyl groups is 3. The van der Waals surface area contributed by atoms with Crippen molar-refractivity contribution in [3.63, 3.8) is 0 Å². The van der Waals surface area contributed by atoms with Crippen LogP contribution in [0.3, 0.4) is 0 Å². The van der Waals surface area contributed by atoms with Crippen molar-refractivity contribution >= 4 is 95.5 Å². The topological polar surface area (TPSA) is 496 Å². The molecule has 11 atom stereocenters. The van der Waals surface area contributed by atoms with Gasteiger partial charge >= 0.3 is 17.9 Å². The van der Waals surface area contributed by atoms with E-state index in [9.17, 15) is 83.4 Å². The molecule has 0 aliphatic heterocycles. The number of hydrogen-bond donors (Lipinski definition) is 18. The highest BCUT2D eigenvalue weighted by atomic mass is 32.2. The predicted molar refractivity (Wildman–Crippen MR) is 257 cm³/mol. The van der Waals surface area contributed by atoms with Gasteiger partial charge in [-0.05, 0) is 57.0 Å². The summed E-state index contributed by atoms with van der Waals surface area (Å²) in [5, 5.41) is 76.6. The van der Waals surface area contributed by atoms with Gasteiger partial charge in [-0.25, -0.2) is 4.79 Å². The maximum atomic E-state index is 13.6. The molecule has 0 bridgehead atoms. The fraction of sp³-hybridized carbons (Fsp3) is 0.700. The van der Waals surface area contributed by atoms with E-state index in [-0.39, 0.29) is 38.2 Å². The third-order valence-corrected chi connectivity index (χ3v) is 11.4. The Morgan fingerprint density at radius 1 is 0.577 bits per heavy atom. The van der Waals surface area contributed by atoms with Gasteiger partial charge in [-0.3, -0.25) is 52.9 Å². The van der Waals surface area contributed by atoms with Gasteiger partial charge in [-0.1, -0.05) is 20.3 Å². The minimum absolute atomic E-state index is 0.0526. The number of carbonyl (C=O) groups is 11. The lowest BCUT2D eigenvalue weighted by Gasteiger charge is -2.28. The lowest BCUT2D eigenvalue weighted by Crippen LogP contribution is -2.62. The molecule has 0 fully saturated rings. The van der Waals surface area contributed by atoms with Crippen LogP contribution in [0.2, 0.25) is 0 Å². The second-order valence-corrected chi connectivity index (χ2v) is 17.4. The summed E-state index contributed by atoms with van der Waals surface area (Å²) in [7, 11) is 0. The molecule has 404 valence electrons. The Morgan fingerprint density at radius 2 is 0.986 bits per heavy atom. The summed E-state index contributed by atoms with van der Waals surface area (Å²) < 4.78 is 0. The zero-order chi connectivity index (χ0) is 54.5. The molecule has 31 heteroatoms. The fourth-order valence-electron chi connectivity index (χ4n) is 6.03. The highest BCUT2D eigenvalue weighted by molar-refractivity contribution is 7.98. The molecule has 0 heterocycles. The van der Waals surface area contributed by atoms with E-state index in [0.717, 1.165) is 6.92 Å². The van der Waals surface area contributed by atoms with Crippen molar-refractivity contribution in [2.45, 2.75) is 133 Å². The van der Waals surface area contributed by atoms with E-state index >= 15 is 0 Å². The fourth-order valence-corrected chi connectivity index (χ4v) is 6.77. The zero-order valence-corrected chi connectivity index (χ0v) is 41.5. The molecule has 0 aromatic carbocycles. The molecular formula is C40H70N12O17S2. The third kappa shape index (κ3) is 25.1. The Bertz CT molecular complexity index is 1860. The standard InChI is InChI=1S/C40H70N12O17S2/c1-5-18(2)29(37(66)47-23(39(68)69)7-6-13-44-40(42)43)51-33(62)22(9-11-28(58)59)46-34(63)24(15-53)48-36(65)26(17-70)50-32(61)21(8-10-27(56)57)45-35(64)25(16-54)49-38(67)30(19(3)55)52-31(60)20(41)12-14-71-4/h18-26,29-30,53-55,70H,5-17,41H2,1-4H3,(H,45,64)(H,46,63)(H,47,66)(H,48,65)(H,49,67)(H,50,61)(H,51,62)(H,52,60)(H,56,57)(H,58,59)(H,68,69)(H4,42,43,44)/t18-,19+,20-,21-,22-,23-,24-,25-,26-,29-,30-/m0/s1. The number of rotatable bonds is 36. The first-order valence-electron chi connectivity index (χ1n) is 22.2. The van der Waals surface area contributed by atoms with Gasteiger partial charge in [0.1, 0.15) is 48.3 Å². The number of carboxylic acid groups (broad SMARTS) is 3. The number of guanidine groups is 1. The molecule has 0 saturated carbocycles. The maximum Gasteiger partial charge on any atom is 0.326 e. The van der Waals surface area contributed by atoms with E-state index < -0.39 is 176 Å². The second-order valence-electron chi connectivity index (χ2n) is 16.1. The quantitative estimate of drug-likeness (QED) is 0.0120. The molecule has 20 N–H and O–H groups in total. The summed E-state index contributed by atoms with van der Waals surface area (Å²) in [6.45, 7) is 2.17. The number of thioether (sulfide) groups is 1. The summed E-state index contributed by atoms with van der Waals surface area (Å²) in [6, 6.07) is -14.5. The lowest BCUT2D eigenvalue weighted by molar-refractivity contribution is -0.143. The summed E-state index contributed by atoms with van der Waals surface area (Å²) in [4.78, 5) is 145. The molecule has 0 radical (unpaired) electrons. The molecular weight excluding hydrogens is 985 g/mol. The molecule has 29 nitrogen and oxygen atoms in total. The lowest BCUT2D eigenvalue weighted by atomic mass is 9.96. The largest absolute Gasteiger partial charge is 0.481 e. The number of carbonyl (C=O) groups excluding carboxylic acids is 8. The van der Waals surface area contributed by atoms with Crippen LogP contribution in [0.4, 0.5) is 0 Å². The SMILES string of the molecule is CC[C@H](C)[C@H](NC(=O)[C@H](CCC(=O)O)NC(=O)[C@H](CO)NC(=O)[C@H](CS)NC(=O)[C@H](CCC(=O)O)NC(=O)[C@H](CO)NC(=O)[C@@H](NC(=O)[C@@H](N)CCSC)[C@@H](C)O)C(=O)N[C@@H](CCCN=C(N)N)C(=O)O. The first kappa shape index (κ1) is 65.0. The van der Waals surface area contributed by atoms with Gasteiger partial charge in [0, 0.05) is 25.1 Å². The molecule has 0 aliphatic rings. The van der Waals surface area contributed by atoms with Crippen molar-refractivity contribution in [3.05, 3.63) is 0 Å². The Labute approximate surface area is 418 Å². The minimum Gasteiger partial charge on any atom is -0.481 e. The number of thiol groups is 1. The van der Waals surface area contributed by atoms with Crippen LogP contribution in [-0.2, 0) is 52.7 Å². The smallest absolute Gasteiger partial charge is 0.326 e. The summed E-state index contributed by atoms with van der Waals surface area (Å²) in [6.07, 6.45) is -1.87. The van der Waals surface area contributed by atoms with Gasteiger partial charge in [0.2, 0.25) is 47.3 Å². The van der Waals surface area contributed by atoms with E-state index in [2.05, 4.69) is 60.2 Å². The highest BCUT2D eigenvalue weighted by Gasteiger charge is 2.36. The first-order chi connectivity index (χ1) is 33.3. The van der Waals surface area contributed by atoms with Crippen molar-refractivity contribution in [1.82, 2.24) is 42.5 Å². The molecule has 0 spiro atoms. The number of nitrogens with one attached hydrogen (secondary N) is 8. The van der Waals surface area contributed by atoms with E-state index in [1.54, 1.807) is 20.1 Å². The number of nitrogens with two attached hydrogens (primary N) is 3. The van der Waals surface area contributed by atoms with Crippen molar-refractivity contribution in [1.29, 1.82) is 0 Å². The Hall–Kier alpha value is -6.02. The van der Waals surface area contributed by atoms with E-state index in [0.29, 0.717) is 5.75 Å². The number of amides is 8. The molecule has 0 aliphatic carbocycles. The van der Waals surface area contributed by atoms with Crippen LogP contribution in [0.1, 0.15) is 72.1 Å². The Balaban J connectivity index is 6.24. The van der Waals surface area contributed by atoms with E-state index in [1.807, 2.05) is 0 Å². The summed E-state index contributed by atoms with van der Waals surface area (Å²) >= 11 is 5.45. The molecule has 0 aromatic rings. The molecule has 0 rings (SSSR count). The normalized spacial score (nSPS) is 15.6. The molecule has 0 saturated heterocycles. The van der Waals surface area contributed by atoms with Gasteiger partial charge in [0.25, 0.3) is 0 Å². The maximum absolute atomic E-state index is 13.6. The van der Waals surface area contributed by atoms with Crippen molar-refractivity contribution in [2.75, 3.05) is 37.5 Å². The third-order valence-electron chi connectivity index (χ3n) is 10.4. The minimum atomic E-state index is -1.90. The number of aliphatic hydroxyl groups excluding tert-OH is 3. The monoisotopic (exact) mass is 1050 g/mol. The van der Waals surface area contributed by atoms with Gasteiger partial charge in [-0.15, -0.1) is 0 Å². The van der Waals surface area contributed by atoms with Gasteiger partial charge in [0.15, 0.2) is 5.96 Å². The zero-order valence-electron chi connectivity index (χ0n) is 39.8. The molecule has 0 aromatic heterocycles. The molecule has 8 amide bonds. The number of carboxylic acids is 3. The number of hydrogen-bond acceptors (Lipinski definition) is 18. The van der Waals surface area contributed by atoms with Crippen LogP contribution in [0.25, 0.3) is 0 Å². The summed E-state index contributed by atoms with van der Waals surface area (Å²) in [5.41, 5.74) is 16.4. The van der Waals surface area contributed by atoms with Crippen LogP contribution < -0.4 is 59.7 Å². The highest BCUT2D eigenvalue weighted by Crippen LogP contribution is 2.12. The van der Waals surface area contributed by atoms with Crippen LogP contribution >= 0.6 is 24.4 Å².